The van der Waals surface area contributed by atoms with Gasteiger partial charge in [0, 0.05) is 12.1 Å². The van der Waals surface area contributed by atoms with Gasteiger partial charge in [-0.15, -0.1) is 0 Å². The molecule has 2 unspecified atom stereocenters. The van der Waals surface area contributed by atoms with Crippen LogP contribution in [0.4, 0.5) is 0 Å². The van der Waals surface area contributed by atoms with Gasteiger partial charge in [-0.25, -0.2) is 0 Å². The highest BCUT2D eigenvalue weighted by atomic mass is 15.2. The van der Waals surface area contributed by atoms with Gasteiger partial charge in [-0.1, -0.05) is 27.7 Å². The van der Waals surface area contributed by atoms with Crippen molar-refractivity contribution in [3.63, 3.8) is 0 Å². The van der Waals surface area contributed by atoms with Gasteiger partial charge in [0.1, 0.15) is 0 Å². The van der Waals surface area contributed by atoms with E-state index in [1.54, 1.807) is 0 Å². The van der Waals surface area contributed by atoms with Crippen LogP contribution in [0.2, 0.25) is 0 Å². The van der Waals surface area contributed by atoms with Crippen molar-refractivity contribution in [2.24, 2.45) is 5.41 Å². The predicted molar refractivity (Wildman–Crippen MR) is 67.2 cm³/mol. The summed E-state index contributed by atoms with van der Waals surface area (Å²) >= 11 is 0. The monoisotopic (exact) mass is 212 g/mol. The Labute approximate surface area is 95.4 Å². The molecule has 0 heterocycles. The third kappa shape index (κ3) is 2.73. The number of hydrogen-bond donors (Lipinski definition) is 1. The van der Waals surface area contributed by atoms with Gasteiger partial charge in [0.25, 0.3) is 0 Å². The van der Waals surface area contributed by atoms with Gasteiger partial charge in [-0.3, -0.25) is 4.90 Å². The summed E-state index contributed by atoms with van der Waals surface area (Å²) in [5.74, 6) is 0. The van der Waals surface area contributed by atoms with Crippen LogP contribution in [0, 0.1) is 5.41 Å². The van der Waals surface area contributed by atoms with Crippen LogP contribution in [0.5, 0.6) is 0 Å². The van der Waals surface area contributed by atoms with E-state index in [-0.39, 0.29) is 0 Å². The molecule has 0 aromatic heterocycles. The standard InChI is InChI=1S/C13H28N2/c1-6-10-15(7-2)11-8-9-13(3,4)12(11)14-5/h11-12,14H,6-10H2,1-5H3. The highest BCUT2D eigenvalue weighted by Gasteiger charge is 2.42. The Hall–Kier alpha value is -0.0800. The van der Waals surface area contributed by atoms with Crippen molar-refractivity contribution in [3.8, 4) is 0 Å². The van der Waals surface area contributed by atoms with Crippen molar-refractivity contribution in [1.82, 2.24) is 10.2 Å². The Morgan fingerprint density at radius 2 is 2.00 bits per heavy atom. The fourth-order valence-corrected chi connectivity index (χ4v) is 3.19. The molecule has 0 aromatic rings. The minimum absolute atomic E-state index is 0.459. The zero-order chi connectivity index (χ0) is 11.5. The van der Waals surface area contributed by atoms with Crippen molar-refractivity contribution >= 4 is 0 Å². The summed E-state index contributed by atoms with van der Waals surface area (Å²) in [4.78, 5) is 2.65. The average Bonchev–Trinajstić information content (AvgIpc) is 2.50. The predicted octanol–water partition coefficient (Wildman–Crippen LogP) is 2.49. The minimum atomic E-state index is 0.459. The van der Waals surface area contributed by atoms with Crippen molar-refractivity contribution in [3.05, 3.63) is 0 Å². The smallest absolute Gasteiger partial charge is 0.0271 e. The molecular formula is C13H28N2. The van der Waals surface area contributed by atoms with E-state index >= 15 is 0 Å². The van der Waals surface area contributed by atoms with Crippen LogP contribution in [0.25, 0.3) is 0 Å². The lowest BCUT2D eigenvalue weighted by Gasteiger charge is -2.36. The SMILES string of the molecule is CCCN(CC)C1CCC(C)(C)C1NC. The van der Waals surface area contributed by atoms with E-state index in [9.17, 15) is 0 Å². The number of nitrogens with one attached hydrogen (secondary N) is 1. The summed E-state index contributed by atoms with van der Waals surface area (Å²) < 4.78 is 0. The van der Waals surface area contributed by atoms with Gasteiger partial charge < -0.3 is 5.32 Å². The van der Waals surface area contributed by atoms with Crippen LogP contribution < -0.4 is 5.32 Å². The van der Waals surface area contributed by atoms with Gasteiger partial charge >= 0.3 is 0 Å². The highest BCUT2D eigenvalue weighted by molar-refractivity contribution is 5.00. The lowest BCUT2D eigenvalue weighted by molar-refractivity contribution is 0.155. The summed E-state index contributed by atoms with van der Waals surface area (Å²) in [6, 6.07) is 1.40. The molecule has 2 heteroatoms. The Morgan fingerprint density at radius 1 is 1.33 bits per heavy atom. The molecule has 0 spiro atoms. The number of nitrogens with zero attached hydrogens (tertiary/aromatic N) is 1. The molecule has 0 saturated heterocycles. The summed E-state index contributed by atoms with van der Waals surface area (Å²) in [5.41, 5.74) is 0.459. The molecule has 1 fully saturated rings. The second kappa shape index (κ2) is 5.31. The fraction of sp³-hybridized carbons (Fsp3) is 1.00. The summed E-state index contributed by atoms with van der Waals surface area (Å²) in [5, 5.41) is 3.54. The van der Waals surface area contributed by atoms with E-state index in [1.165, 1.54) is 32.4 Å². The largest absolute Gasteiger partial charge is 0.315 e. The molecule has 1 saturated carbocycles. The van der Waals surface area contributed by atoms with Crippen LogP contribution in [0.15, 0.2) is 0 Å². The molecule has 15 heavy (non-hydrogen) atoms. The molecule has 0 amide bonds. The zero-order valence-electron chi connectivity index (χ0n) is 11.1. The second-order valence-corrected chi connectivity index (χ2v) is 5.49. The zero-order valence-corrected chi connectivity index (χ0v) is 11.1. The van der Waals surface area contributed by atoms with Gasteiger partial charge in [0.15, 0.2) is 0 Å². The van der Waals surface area contributed by atoms with Gasteiger partial charge in [-0.2, -0.15) is 0 Å². The summed E-state index contributed by atoms with van der Waals surface area (Å²) in [6.45, 7) is 11.8. The Kier molecular flexibility index (Phi) is 4.60. The van der Waals surface area contributed by atoms with Crippen LogP contribution in [-0.2, 0) is 0 Å². The first kappa shape index (κ1) is 13.0. The number of hydrogen-bond acceptors (Lipinski definition) is 2. The number of rotatable bonds is 5. The second-order valence-electron chi connectivity index (χ2n) is 5.49. The lowest BCUT2D eigenvalue weighted by atomic mass is 9.86. The minimum Gasteiger partial charge on any atom is -0.315 e. The third-order valence-electron chi connectivity index (χ3n) is 4.01. The van der Waals surface area contributed by atoms with E-state index in [1.807, 2.05) is 0 Å². The van der Waals surface area contributed by atoms with E-state index < -0.39 is 0 Å². The number of likely N-dealkylation sites (N-methyl/N-ethyl adjacent to an activating group) is 2. The summed E-state index contributed by atoms with van der Waals surface area (Å²) in [7, 11) is 2.12. The van der Waals surface area contributed by atoms with E-state index in [0.717, 1.165) is 6.04 Å². The van der Waals surface area contributed by atoms with E-state index in [2.05, 4.69) is 45.0 Å². The van der Waals surface area contributed by atoms with Crippen LogP contribution in [0.1, 0.15) is 47.0 Å². The normalized spacial score (nSPS) is 30.0. The van der Waals surface area contributed by atoms with Crippen LogP contribution in [0.3, 0.4) is 0 Å². The Morgan fingerprint density at radius 3 is 2.47 bits per heavy atom. The maximum Gasteiger partial charge on any atom is 0.0271 e. The first-order chi connectivity index (χ1) is 7.06. The molecule has 1 aliphatic carbocycles. The lowest BCUT2D eigenvalue weighted by Crippen LogP contribution is -2.50. The summed E-state index contributed by atoms with van der Waals surface area (Å²) in [6.07, 6.45) is 3.97. The highest BCUT2D eigenvalue weighted by Crippen LogP contribution is 2.39. The molecular weight excluding hydrogens is 184 g/mol. The Balaban J connectivity index is 2.68. The first-order valence-electron chi connectivity index (χ1n) is 6.48. The Bertz CT molecular complexity index is 189. The van der Waals surface area contributed by atoms with Crippen molar-refractivity contribution in [1.29, 1.82) is 0 Å². The van der Waals surface area contributed by atoms with Gasteiger partial charge in [-0.05, 0) is 44.8 Å². The third-order valence-corrected chi connectivity index (χ3v) is 4.01. The van der Waals surface area contributed by atoms with Gasteiger partial charge in [0.2, 0.25) is 0 Å². The van der Waals surface area contributed by atoms with E-state index in [0.29, 0.717) is 11.5 Å². The molecule has 0 aromatic carbocycles. The van der Waals surface area contributed by atoms with Gasteiger partial charge in [0.05, 0.1) is 0 Å². The molecule has 2 atom stereocenters. The topological polar surface area (TPSA) is 15.3 Å². The van der Waals surface area contributed by atoms with E-state index in [4.69, 9.17) is 0 Å². The molecule has 1 aliphatic rings. The maximum atomic E-state index is 3.54. The first-order valence-corrected chi connectivity index (χ1v) is 6.48. The van der Waals surface area contributed by atoms with Crippen molar-refractivity contribution in [2.45, 2.75) is 59.0 Å². The van der Waals surface area contributed by atoms with Crippen molar-refractivity contribution < 1.29 is 0 Å². The molecule has 0 bridgehead atoms. The van der Waals surface area contributed by atoms with Crippen molar-refractivity contribution in [2.75, 3.05) is 20.1 Å². The molecule has 0 aliphatic heterocycles. The van der Waals surface area contributed by atoms with Crippen LogP contribution in [-0.4, -0.2) is 37.1 Å². The molecule has 2 nitrogen and oxygen atoms in total. The molecule has 1 N–H and O–H groups in total. The average molecular weight is 212 g/mol. The maximum absolute atomic E-state index is 3.54. The van der Waals surface area contributed by atoms with Crippen LogP contribution >= 0.6 is 0 Å². The molecule has 1 rings (SSSR count). The molecule has 90 valence electrons. The molecule has 0 radical (unpaired) electrons. The fourth-order valence-electron chi connectivity index (χ4n) is 3.19. The quantitative estimate of drug-likeness (QED) is 0.753.